The Morgan fingerprint density at radius 1 is 1.00 bits per heavy atom. The van der Waals surface area contributed by atoms with Gasteiger partial charge in [-0.05, 0) is 36.8 Å². The van der Waals surface area contributed by atoms with Gasteiger partial charge < -0.3 is 24.5 Å². The van der Waals surface area contributed by atoms with Crippen molar-refractivity contribution < 1.29 is 13.9 Å². The molecule has 6 heteroatoms. The van der Waals surface area contributed by atoms with Gasteiger partial charge in [-0.3, -0.25) is 0 Å². The van der Waals surface area contributed by atoms with E-state index in [2.05, 4.69) is 15.6 Å². The molecule has 6 nitrogen and oxygen atoms in total. The van der Waals surface area contributed by atoms with Gasteiger partial charge in [0.05, 0.1) is 27.3 Å². The monoisotopic (exact) mass is 367 g/mol. The highest BCUT2D eigenvalue weighted by Gasteiger charge is 2.06. The van der Waals surface area contributed by atoms with Gasteiger partial charge in [0, 0.05) is 11.9 Å². The Kier molecular flexibility index (Phi) is 6.20. The number of methoxy groups -OCH3 is 2. The summed E-state index contributed by atoms with van der Waals surface area (Å²) in [5.74, 6) is 3.01. The van der Waals surface area contributed by atoms with E-state index in [0.717, 1.165) is 34.8 Å². The maximum Gasteiger partial charge on any atom is 0.191 e. The molecule has 0 atom stereocenters. The zero-order chi connectivity index (χ0) is 19.1. The fourth-order valence-corrected chi connectivity index (χ4v) is 2.79. The minimum Gasteiger partial charge on any atom is -0.493 e. The quantitative estimate of drug-likeness (QED) is 0.492. The molecule has 0 spiro atoms. The lowest BCUT2D eigenvalue weighted by Gasteiger charge is -2.11. The van der Waals surface area contributed by atoms with Gasteiger partial charge in [0.2, 0.25) is 0 Å². The molecule has 0 radical (unpaired) electrons. The van der Waals surface area contributed by atoms with Crippen LogP contribution >= 0.6 is 0 Å². The van der Waals surface area contributed by atoms with Crippen LogP contribution in [0.2, 0.25) is 0 Å². The standard InChI is InChI=1S/C21H25N3O3/c1-4-22-21(23-13-15-9-10-19(25-2)20(11-15)26-3)24-14-17-12-16-7-5-6-8-18(16)27-17/h5-12H,4,13-14H2,1-3H3,(H2,22,23,24). The minimum absolute atomic E-state index is 0.524. The van der Waals surface area contributed by atoms with Gasteiger partial charge in [-0.2, -0.15) is 0 Å². The molecular weight excluding hydrogens is 342 g/mol. The Hall–Kier alpha value is -3.15. The number of fused-ring (bicyclic) bond motifs is 1. The lowest BCUT2D eigenvalue weighted by Crippen LogP contribution is -2.36. The largest absolute Gasteiger partial charge is 0.493 e. The maximum absolute atomic E-state index is 5.84. The summed E-state index contributed by atoms with van der Waals surface area (Å²) in [4.78, 5) is 4.64. The van der Waals surface area contributed by atoms with Gasteiger partial charge in [-0.15, -0.1) is 0 Å². The summed E-state index contributed by atoms with van der Waals surface area (Å²) in [7, 11) is 3.25. The van der Waals surface area contributed by atoms with Crippen LogP contribution in [0, 0.1) is 0 Å². The second kappa shape index (κ2) is 8.98. The van der Waals surface area contributed by atoms with Crippen LogP contribution in [0.15, 0.2) is 57.9 Å². The van der Waals surface area contributed by atoms with Gasteiger partial charge in [-0.25, -0.2) is 4.99 Å². The Labute approximate surface area is 159 Å². The average molecular weight is 367 g/mol. The molecule has 0 amide bonds. The van der Waals surface area contributed by atoms with E-state index in [4.69, 9.17) is 13.9 Å². The molecule has 2 aromatic carbocycles. The second-order valence-corrected chi connectivity index (χ2v) is 5.99. The van der Waals surface area contributed by atoms with Crippen LogP contribution in [0.1, 0.15) is 18.2 Å². The van der Waals surface area contributed by atoms with Crippen LogP contribution < -0.4 is 20.1 Å². The Bertz CT molecular complexity index is 885. The number of para-hydroxylation sites is 1. The number of aliphatic imine (C=N–C) groups is 1. The van der Waals surface area contributed by atoms with E-state index in [1.165, 1.54) is 0 Å². The van der Waals surface area contributed by atoms with Gasteiger partial charge in [0.25, 0.3) is 0 Å². The molecule has 142 valence electrons. The topological polar surface area (TPSA) is 68.0 Å². The normalized spacial score (nSPS) is 11.4. The van der Waals surface area contributed by atoms with Crippen molar-refractivity contribution in [3.63, 3.8) is 0 Å². The molecule has 0 unspecified atom stereocenters. The molecule has 0 bridgehead atoms. The second-order valence-electron chi connectivity index (χ2n) is 5.99. The molecule has 0 saturated heterocycles. The van der Waals surface area contributed by atoms with E-state index >= 15 is 0 Å². The van der Waals surface area contributed by atoms with Gasteiger partial charge in [0.1, 0.15) is 11.3 Å². The van der Waals surface area contributed by atoms with Gasteiger partial charge in [-0.1, -0.05) is 24.3 Å². The fourth-order valence-electron chi connectivity index (χ4n) is 2.79. The van der Waals surface area contributed by atoms with E-state index in [-0.39, 0.29) is 0 Å². The first-order chi connectivity index (χ1) is 13.2. The third-order valence-electron chi connectivity index (χ3n) is 4.12. The number of nitrogens with one attached hydrogen (secondary N) is 2. The Morgan fingerprint density at radius 3 is 2.56 bits per heavy atom. The van der Waals surface area contributed by atoms with Crippen LogP contribution in [0.3, 0.4) is 0 Å². The molecule has 1 heterocycles. The van der Waals surface area contributed by atoms with Crippen molar-refractivity contribution in [2.24, 2.45) is 4.99 Å². The number of hydrogen-bond acceptors (Lipinski definition) is 4. The zero-order valence-electron chi connectivity index (χ0n) is 15.9. The molecule has 27 heavy (non-hydrogen) atoms. The number of benzene rings is 2. The van der Waals surface area contributed by atoms with Crippen LogP contribution in [-0.4, -0.2) is 26.7 Å². The summed E-state index contributed by atoms with van der Waals surface area (Å²) in [6.45, 7) is 3.90. The first-order valence-electron chi connectivity index (χ1n) is 8.94. The van der Waals surface area contributed by atoms with Crippen molar-refractivity contribution in [2.75, 3.05) is 20.8 Å². The summed E-state index contributed by atoms with van der Waals surface area (Å²) in [5, 5.41) is 7.66. The predicted octanol–water partition coefficient (Wildman–Crippen LogP) is 3.71. The summed E-state index contributed by atoms with van der Waals surface area (Å²) >= 11 is 0. The Morgan fingerprint density at radius 2 is 1.81 bits per heavy atom. The number of guanidine groups is 1. The van der Waals surface area contributed by atoms with E-state index in [1.807, 2.05) is 55.5 Å². The number of furan rings is 1. The summed E-state index contributed by atoms with van der Waals surface area (Å²) in [5.41, 5.74) is 1.93. The summed E-state index contributed by atoms with van der Waals surface area (Å²) < 4.78 is 16.5. The number of ether oxygens (including phenoxy) is 2. The van der Waals surface area contributed by atoms with E-state index in [1.54, 1.807) is 14.2 Å². The summed E-state index contributed by atoms with van der Waals surface area (Å²) in [6.07, 6.45) is 0. The molecule has 0 aliphatic rings. The maximum atomic E-state index is 5.84. The number of nitrogens with zero attached hydrogens (tertiary/aromatic N) is 1. The molecule has 3 aromatic rings. The highest BCUT2D eigenvalue weighted by Crippen LogP contribution is 2.27. The van der Waals surface area contributed by atoms with Crippen molar-refractivity contribution in [3.8, 4) is 11.5 Å². The molecule has 2 N–H and O–H groups in total. The van der Waals surface area contributed by atoms with E-state index in [0.29, 0.717) is 24.6 Å². The van der Waals surface area contributed by atoms with E-state index < -0.39 is 0 Å². The van der Waals surface area contributed by atoms with Gasteiger partial charge in [0.15, 0.2) is 17.5 Å². The fraction of sp³-hybridized carbons (Fsp3) is 0.286. The van der Waals surface area contributed by atoms with Crippen molar-refractivity contribution in [1.82, 2.24) is 10.6 Å². The molecule has 0 saturated carbocycles. The Balaban J connectivity index is 1.67. The lowest BCUT2D eigenvalue weighted by molar-refractivity contribution is 0.354. The highest BCUT2D eigenvalue weighted by molar-refractivity contribution is 5.80. The van der Waals surface area contributed by atoms with Gasteiger partial charge >= 0.3 is 0 Å². The zero-order valence-corrected chi connectivity index (χ0v) is 15.9. The minimum atomic E-state index is 0.524. The molecule has 0 fully saturated rings. The van der Waals surface area contributed by atoms with Crippen molar-refractivity contribution in [1.29, 1.82) is 0 Å². The average Bonchev–Trinajstić information content (AvgIpc) is 3.12. The SMILES string of the molecule is CCNC(=NCc1ccc(OC)c(OC)c1)NCc1cc2ccccc2o1. The number of hydrogen-bond donors (Lipinski definition) is 2. The molecule has 1 aromatic heterocycles. The first-order valence-corrected chi connectivity index (χ1v) is 8.94. The molecule has 0 aliphatic heterocycles. The highest BCUT2D eigenvalue weighted by atomic mass is 16.5. The van der Waals surface area contributed by atoms with Crippen LogP contribution in [0.4, 0.5) is 0 Å². The van der Waals surface area contributed by atoms with Crippen LogP contribution in [0.5, 0.6) is 11.5 Å². The third kappa shape index (κ3) is 4.73. The lowest BCUT2D eigenvalue weighted by atomic mass is 10.2. The third-order valence-corrected chi connectivity index (χ3v) is 4.12. The van der Waals surface area contributed by atoms with E-state index in [9.17, 15) is 0 Å². The van der Waals surface area contributed by atoms with Crippen molar-refractivity contribution in [3.05, 3.63) is 59.9 Å². The first kappa shape index (κ1) is 18.6. The van der Waals surface area contributed by atoms with Crippen molar-refractivity contribution >= 4 is 16.9 Å². The van der Waals surface area contributed by atoms with Crippen molar-refractivity contribution in [2.45, 2.75) is 20.0 Å². The smallest absolute Gasteiger partial charge is 0.191 e. The molecule has 0 aliphatic carbocycles. The molecular formula is C21H25N3O3. The summed E-state index contributed by atoms with van der Waals surface area (Å²) in [6, 6.07) is 15.8. The number of rotatable bonds is 7. The predicted molar refractivity (Wildman–Crippen MR) is 107 cm³/mol. The molecule has 3 rings (SSSR count). The van der Waals surface area contributed by atoms with Crippen LogP contribution in [0.25, 0.3) is 11.0 Å². The van der Waals surface area contributed by atoms with Crippen LogP contribution in [-0.2, 0) is 13.1 Å².